The van der Waals surface area contributed by atoms with Crippen LogP contribution in [0.3, 0.4) is 0 Å². The summed E-state index contributed by atoms with van der Waals surface area (Å²) in [7, 11) is 0. The average molecular weight is 473 g/mol. The van der Waals surface area contributed by atoms with Crippen LogP contribution < -0.4 is 4.90 Å². The van der Waals surface area contributed by atoms with Gasteiger partial charge in [0, 0.05) is 34.5 Å². The Hall–Kier alpha value is -1.91. The van der Waals surface area contributed by atoms with E-state index >= 15 is 0 Å². The minimum atomic E-state index is -0.204. The first-order valence-corrected chi connectivity index (χ1v) is 10.9. The molecule has 0 aromatic heterocycles. The second-order valence-corrected chi connectivity index (χ2v) is 10.1. The number of hydrogen-bond donors (Lipinski definition) is 0. The second-order valence-electron chi connectivity index (χ2n) is 8.80. The Bertz CT molecular complexity index is 1060. The van der Waals surface area contributed by atoms with Gasteiger partial charge in [-0.1, -0.05) is 71.2 Å². The van der Waals surface area contributed by atoms with E-state index in [1.54, 1.807) is 11.0 Å². The molecule has 5 heteroatoms. The van der Waals surface area contributed by atoms with Gasteiger partial charge in [-0.2, -0.15) is 0 Å². The third kappa shape index (κ3) is 3.80. The van der Waals surface area contributed by atoms with Crippen molar-refractivity contribution in [2.75, 3.05) is 4.90 Å². The van der Waals surface area contributed by atoms with Crippen molar-refractivity contribution in [1.82, 2.24) is 0 Å². The van der Waals surface area contributed by atoms with Gasteiger partial charge in [0.2, 0.25) is 5.91 Å². The van der Waals surface area contributed by atoms with E-state index in [0.717, 1.165) is 26.9 Å². The normalized spacial score (nSPS) is 21.4. The predicted molar refractivity (Wildman–Crippen MR) is 120 cm³/mol. The first-order valence-electron chi connectivity index (χ1n) is 9.77. The summed E-state index contributed by atoms with van der Waals surface area (Å²) in [5.74, 6) is -0.0926. The second kappa shape index (κ2) is 7.41. The van der Waals surface area contributed by atoms with Crippen molar-refractivity contribution < 1.29 is 9.59 Å². The van der Waals surface area contributed by atoms with Crippen LogP contribution in [0.4, 0.5) is 5.69 Å². The lowest BCUT2D eigenvalue weighted by atomic mass is 9.69. The van der Waals surface area contributed by atoms with Crippen molar-refractivity contribution in [3.05, 3.63) is 74.4 Å². The highest BCUT2D eigenvalue weighted by molar-refractivity contribution is 9.10. The van der Waals surface area contributed by atoms with E-state index in [2.05, 4.69) is 35.8 Å². The van der Waals surface area contributed by atoms with Gasteiger partial charge in [0.1, 0.15) is 0 Å². The molecule has 0 saturated carbocycles. The fourth-order valence-electron chi connectivity index (χ4n) is 4.53. The maximum Gasteiger partial charge on any atom is 0.232 e. The molecule has 2 aromatic carbocycles. The number of amides is 1. The zero-order valence-corrected chi connectivity index (χ0v) is 19.1. The molecule has 1 aliphatic carbocycles. The fourth-order valence-corrected chi connectivity index (χ4v) is 5.29. The van der Waals surface area contributed by atoms with Crippen LogP contribution in [0.15, 0.2) is 58.2 Å². The van der Waals surface area contributed by atoms with Crippen molar-refractivity contribution in [1.29, 1.82) is 0 Å². The third-order valence-electron chi connectivity index (χ3n) is 5.74. The SMILES string of the molecule is Cc1cccc(C2CC(=O)N(c3ccc(Br)cc3Cl)C3=C2C(=O)CC(C)(C)C3)c1. The lowest BCUT2D eigenvalue weighted by molar-refractivity contribution is -0.121. The number of allylic oxidation sites excluding steroid dienone is 2. The number of anilines is 1. The molecule has 4 rings (SSSR count). The molecule has 1 unspecified atom stereocenters. The molecule has 150 valence electrons. The highest BCUT2D eigenvalue weighted by Gasteiger charge is 2.44. The van der Waals surface area contributed by atoms with Gasteiger partial charge in [-0.3, -0.25) is 14.5 Å². The van der Waals surface area contributed by atoms with Gasteiger partial charge in [0.05, 0.1) is 10.7 Å². The van der Waals surface area contributed by atoms with Crippen LogP contribution in [-0.4, -0.2) is 11.7 Å². The molecule has 1 atom stereocenters. The van der Waals surface area contributed by atoms with Crippen molar-refractivity contribution in [2.45, 2.75) is 46.0 Å². The molecule has 0 fully saturated rings. The van der Waals surface area contributed by atoms with Gasteiger partial charge < -0.3 is 0 Å². The van der Waals surface area contributed by atoms with E-state index < -0.39 is 0 Å². The molecule has 3 nitrogen and oxygen atoms in total. The van der Waals surface area contributed by atoms with E-state index in [9.17, 15) is 9.59 Å². The molecule has 0 bridgehead atoms. The molecule has 2 aromatic rings. The van der Waals surface area contributed by atoms with Gasteiger partial charge in [0.25, 0.3) is 0 Å². The van der Waals surface area contributed by atoms with Crippen LogP contribution >= 0.6 is 27.5 Å². The summed E-state index contributed by atoms with van der Waals surface area (Å²) in [6, 6.07) is 13.6. The number of rotatable bonds is 2. The summed E-state index contributed by atoms with van der Waals surface area (Å²) in [5.41, 5.74) is 4.16. The zero-order chi connectivity index (χ0) is 20.9. The molecular formula is C24H23BrClNO2. The van der Waals surface area contributed by atoms with Crippen LogP contribution in [-0.2, 0) is 9.59 Å². The summed E-state index contributed by atoms with van der Waals surface area (Å²) in [5, 5.41) is 0.490. The fraction of sp³-hybridized carbons (Fsp3) is 0.333. The van der Waals surface area contributed by atoms with Crippen molar-refractivity contribution in [3.63, 3.8) is 0 Å². The monoisotopic (exact) mass is 471 g/mol. The number of halogens is 2. The number of nitrogens with zero attached hydrogens (tertiary/aromatic N) is 1. The molecule has 0 radical (unpaired) electrons. The number of aryl methyl sites for hydroxylation is 1. The first-order chi connectivity index (χ1) is 13.7. The van der Waals surface area contributed by atoms with Crippen molar-refractivity contribution in [3.8, 4) is 0 Å². The number of benzene rings is 2. The number of ketones is 1. The summed E-state index contributed by atoms with van der Waals surface area (Å²) < 4.78 is 0.850. The number of carbonyl (C=O) groups is 2. The van der Waals surface area contributed by atoms with Crippen LogP contribution in [0, 0.1) is 12.3 Å². The Morgan fingerprint density at radius 1 is 1.10 bits per heavy atom. The van der Waals surface area contributed by atoms with Crippen molar-refractivity contribution in [2.24, 2.45) is 5.41 Å². The van der Waals surface area contributed by atoms with E-state index in [4.69, 9.17) is 11.6 Å². The number of Topliss-reactive ketones (excluding diaryl/α,β-unsaturated/α-hetero) is 1. The van der Waals surface area contributed by atoms with E-state index in [1.807, 2.05) is 37.3 Å². The quantitative estimate of drug-likeness (QED) is 0.495. The Balaban J connectivity index is 1.92. The Labute approximate surface area is 184 Å². The zero-order valence-electron chi connectivity index (χ0n) is 16.8. The van der Waals surface area contributed by atoms with Gasteiger partial charge >= 0.3 is 0 Å². The van der Waals surface area contributed by atoms with Gasteiger partial charge in [-0.05, 0) is 42.5 Å². The lowest BCUT2D eigenvalue weighted by Gasteiger charge is -2.43. The van der Waals surface area contributed by atoms with Crippen molar-refractivity contribution >= 4 is 44.9 Å². The molecule has 0 N–H and O–H groups in total. The van der Waals surface area contributed by atoms with Gasteiger partial charge in [-0.25, -0.2) is 0 Å². The molecule has 1 heterocycles. The van der Waals surface area contributed by atoms with E-state index in [0.29, 0.717) is 23.6 Å². The Kier molecular flexibility index (Phi) is 5.20. The standard InChI is InChI=1S/C24H23BrClNO2/c1-14-5-4-6-15(9-14)17-11-22(29)27(19-8-7-16(25)10-18(19)26)20-12-24(2,3)13-21(28)23(17)20/h4-10,17H,11-13H2,1-3H3. The molecule has 1 aliphatic heterocycles. The largest absolute Gasteiger partial charge is 0.294 e. The number of carbonyl (C=O) groups excluding carboxylic acids is 2. The molecule has 0 saturated heterocycles. The summed E-state index contributed by atoms with van der Waals surface area (Å²) in [4.78, 5) is 28.4. The summed E-state index contributed by atoms with van der Waals surface area (Å²) >= 11 is 9.93. The van der Waals surface area contributed by atoms with Crippen LogP contribution in [0.25, 0.3) is 0 Å². The molecule has 29 heavy (non-hydrogen) atoms. The van der Waals surface area contributed by atoms with E-state index in [-0.39, 0.29) is 29.4 Å². The maximum atomic E-state index is 13.4. The first kappa shape index (κ1) is 20.4. The van der Waals surface area contributed by atoms with Crippen LogP contribution in [0.5, 0.6) is 0 Å². The minimum absolute atomic E-state index is 0.0232. The van der Waals surface area contributed by atoms with E-state index in [1.165, 1.54) is 0 Å². The molecule has 0 spiro atoms. The maximum absolute atomic E-state index is 13.4. The highest BCUT2D eigenvalue weighted by Crippen LogP contribution is 2.49. The van der Waals surface area contributed by atoms with Crippen LogP contribution in [0.1, 0.15) is 50.2 Å². The third-order valence-corrected chi connectivity index (χ3v) is 6.53. The smallest absolute Gasteiger partial charge is 0.232 e. The van der Waals surface area contributed by atoms with Gasteiger partial charge in [-0.15, -0.1) is 0 Å². The number of hydrogen-bond acceptors (Lipinski definition) is 2. The Morgan fingerprint density at radius 3 is 2.55 bits per heavy atom. The predicted octanol–water partition coefficient (Wildman–Crippen LogP) is 6.57. The summed E-state index contributed by atoms with van der Waals surface area (Å²) in [6.45, 7) is 6.19. The highest BCUT2D eigenvalue weighted by atomic mass is 79.9. The average Bonchev–Trinajstić information content (AvgIpc) is 2.61. The lowest BCUT2D eigenvalue weighted by Crippen LogP contribution is -2.43. The topological polar surface area (TPSA) is 37.4 Å². The van der Waals surface area contributed by atoms with Gasteiger partial charge in [0.15, 0.2) is 5.78 Å². The molecule has 1 amide bonds. The summed E-state index contributed by atoms with van der Waals surface area (Å²) in [6.07, 6.45) is 1.42. The molecule has 2 aliphatic rings. The van der Waals surface area contributed by atoms with Crippen LogP contribution in [0.2, 0.25) is 5.02 Å². The Morgan fingerprint density at radius 2 is 1.86 bits per heavy atom. The minimum Gasteiger partial charge on any atom is -0.294 e. The molecular weight excluding hydrogens is 450 g/mol.